The highest BCUT2D eigenvalue weighted by Crippen LogP contribution is 2.32. The Hall–Kier alpha value is -2.00. The molecule has 0 amide bonds. The van der Waals surface area contributed by atoms with Gasteiger partial charge in [0, 0.05) is 39.3 Å². The SMILES string of the molecule is CN=C(NCc1ccc2c(c1)OCO2)NCC(C)N1CCc2ccccc2C1.I. The Morgan fingerprint density at radius 2 is 1.90 bits per heavy atom. The van der Waals surface area contributed by atoms with Crippen LogP contribution in [0.5, 0.6) is 11.5 Å². The van der Waals surface area contributed by atoms with Gasteiger partial charge in [0.25, 0.3) is 0 Å². The molecule has 2 aromatic rings. The summed E-state index contributed by atoms with van der Waals surface area (Å²) in [6.07, 6.45) is 1.12. The average molecular weight is 508 g/mol. The van der Waals surface area contributed by atoms with Crippen molar-refractivity contribution in [3.8, 4) is 11.5 Å². The number of hydrogen-bond acceptors (Lipinski definition) is 4. The van der Waals surface area contributed by atoms with Gasteiger partial charge in [-0.1, -0.05) is 30.3 Å². The van der Waals surface area contributed by atoms with Gasteiger partial charge in [-0.15, -0.1) is 24.0 Å². The second-order valence-electron chi connectivity index (χ2n) is 7.33. The van der Waals surface area contributed by atoms with E-state index in [1.165, 1.54) is 11.1 Å². The third-order valence-corrected chi connectivity index (χ3v) is 5.47. The van der Waals surface area contributed by atoms with Crippen LogP contribution in [0.2, 0.25) is 0 Å². The Kier molecular flexibility index (Phi) is 7.60. The second-order valence-corrected chi connectivity index (χ2v) is 7.33. The molecule has 2 aliphatic rings. The minimum atomic E-state index is 0. The highest BCUT2D eigenvalue weighted by atomic mass is 127. The molecule has 6 nitrogen and oxygen atoms in total. The van der Waals surface area contributed by atoms with Crippen molar-refractivity contribution in [3.05, 3.63) is 59.2 Å². The van der Waals surface area contributed by atoms with Gasteiger partial charge in [0.1, 0.15) is 0 Å². The molecule has 156 valence electrons. The summed E-state index contributed by atoms with van der Waals surface area (Å²) in [5.74, 6) is 2.42. The minimum absolute atomic E-state index is 0. The quantitative estimate of drug-likeness (QED) is 0.370. The maximum Gasteiger partial charge on any atom is 0.231 e. The van der Waals surface area contributed by atoms with Crippen LogP contribution in [0, 0.1) is 0 Å². The molecule has 2 N–H and O–H groups in total. The lowest BCUT2D eigenvalue weighted by Gasteiger charge is -2.34. The summed E-state index contributed by atoms with van der Waals surface area (Å²) in [6.45, 7) is 6.22. The number of guanidine groups is 1. The summed E-state index contributed by atoms with van der Waals surface area (Å²) in [5, 5.41) is 6.83. The molecule has 0 bridgehead atoms. The second kappa shape index (κ2) is 10.2. The van der Waals surface area contributed by atoms with Gasteiger partial charge in [0.05, 0.1) is 0 Å². The number of ether oxygens (including phenoxy) is 2. The van der Waals surface area contributed by atoms with Crippen LogP contribution >= 0.6 is 24.0 Å². The Bertz CT molecular complexity index is 858. The van der Waals surface area contributed by atoms with E-state index in [1.54, 1.807) is 7.05 Å². The summed E-state index contributed by atoms with van der Waals surface area (Å²) in [7, 11) is 1.80. The summed E-state index contributed by atoms with van der Waals surface area (Å²) >= 11 is 0. The van der Waals surface area contributed by atoms with Crippen LogP contribution in [0.25, 0.3) is 0 Å². The number of halogens is 1. The largest absolute Gasteiger partial charge is 0.454 e. The minimum Gasteiger partial charge on any atom is -0.454 e. The number of nitrogens with one attached hydrogen (secondary N) is 2. The highest BCUT2D eigenvalue weighted by molar-refractivity contribution is 14.0. The van der Waals surface area contributed by atoms with Crippen LogP contribution in [-0.4, -0.2) is 43.8 Å². The predicted molar refractivity (Wildman–Crippen MR) is 126 cm³/mol. The van der Waals surface area contributed by atoms with Crippen molar-refractivity contribution >= 4 is 29.9 Å². The zero-order chi connectivity index (χ0) is 19.3. The van der Waals surface area contributed by atoms with Crippen molar-refractivity contribution in [1.82, 2.24) is 15.5 Å². The van der Waals surface area contributed by atoms with Crippen LogP contribution in [0.15, 0.2) is 47.5 Å². The molecule has 4 rings (SSSR count). The highest BCUT2D eigenvalue weighted by Gasteiger charge is 2.20. The zero-order valence-electron chi connectivity index (χ0n) is 17.0. The fourth-order valence-corrected chi connectivity index (χ4v) is 3.72. The van der Waals surface area contributed by atoms with Gasteiger partial charge in [-0.05, 0) is 42.2 Å². The maximum atomic E-state index is 5.44. The Labute approximate surface area is 189 Å². The van der Waals surface area contributed by atoms with Crippen LogP contribution in [0.4, 0.5) is 0 Å². The lowest BCUT2D eigenvalue weighted by atomic mass is 9.99. The van der Waals surface area contributed by atoms with Crippen molar-refractivity contribution in [1.29, 1.82) is 0 Å². The summed E-state index contributed by atoms with van der Waals surface area (Å²) in [4.78, 5) is 6.88. The Balaban J connectivity index is 0.00000240. The first-order chi connectivity index (χ1) is 13.7. The van der Waals surface area contributed by atoms with Crippen molar-refractivity contribution in [3.63, 3.8) is 0 Å². The molecular weight excluding hydrogens is 479 g/mol. The van der Waals surface area contributed by atoms with E-state index in [0.29, 0.717) is 19.4 Å². The van der Waals surface area contributed by atoms with Gasteiger partial charge in [-0.2, -0.15) is 0 Å². The molecule has 0 aromatic heterocycles. The fourth-order valence-electron chi connectivity index (χ4n) is 3.72. The Morgan fingerprint density at radius 3 is 2.72 bits per heavy atom. The molecule has 0 spiro atoms. The first kappa shape index (κ1) is 21.7. The molecule has 29 heavy (non-hydrogen) atoms. The van der Waals surface area contributed by atoms with Crippen molar-refractivity contribution < 1.29 is 9.47 Å². The van der Waals surface area contributed by atoms with Crippen LogP contribution < -0.4 is 20.1 Å². The first-order valence-electron chi connectivity index (χ1n) is 9.87. The predicted octanol–water partition coefficient (Wildman–Crippen LogP) is 3.15. The summed E-state index contributed by atoms with van der Waals surface area (Å²) < 4.78 is 10.8. The number of rotatable bonds is 5. The van der Waals surface area contributed by atoms with Crippen LogP contribution in [0.3, 0.4) is 0 Å². The molecule has 0 saturated heterocycles. The van der Waals surface area contributed by atoms with Gasteiger partial charge in [0.2, 0.25) is 6.79 Å². The standard InChI is InChI=1S/C22H28N4O2.HI/c1-16(26-10-9-18-5-3-4-6-19(18)14-26)12-24-22(23-2)25-13-17-7-8-20-21(11-17)28-15-27-20;/h3-8,11,16H,9-10,12-15H2,1-2H3,(H2,23,24,25);1H. The van der Waals surface area contributed by atoms with E-state index in [2.05, 4.69) is 51.7 Å². The summed E-state index contributed by atoms with van der Waals surface area (Å²) in [5.41, 5.74) is 4.07. The van der Waals surface area contributed by atoms with E-state index in [-0.39, 0.29) is 24.0 Å². The Morgan fingerprint density at radius 1 is 1.10 bits per heavy atom. The van der Waals surface area contributed by atoms with Crippen molar-refractivity contribution in [2.75, 3.05) is 26.9 Å². The molecule has 0 fully saturated rings. The average Bonchev–Trinajstić information content (AvgIpc) is 3.21. The number of hydrogen-bond donors (Lipinski definition) is 2. The molecule has 0 radical (unpaired) electrons. The van der Waals surface area contributed by atoms with E-state index >= 15 is 0 Å². The summed E-state index contributed by atoms with van der Waals surface area (Å²) in [6, 6.07) is 15.2. The lowest BCUT2D eigenvalue weighted by molar-refractivity contribution is 0.174. The zero-order valence-corrected chi connectivity index (χ0v) is 19.3. The monoisotopic (exact) mass is 508 g/mol. The lowest BCUT2D eigenvalue weighted by Crippen LogP contribution is -2.47. The van der Waals surface area contributed by atoms with E-state index in [0.717, 1.165) is 49.1 Å². The van der Waals surface area contributed by atoms with E-state index in [4.69, 9.17) is 9.47 Å². The third kappa shape index (κ3) is 5.33. The van der Waals surface area contributed by atoms with E-state index in [9.17, 15) is 0 Å². The third-order valence-electron chi connectivity index (χ3n) is 5.47. The fraction of sp³-hybridized carbons (Fsp3) is 0.409. The molecule has 2 aliphatic heterocycles. The topological polar surface area (TPSA) is 58.1 Å². The van der Waals surface area contributed by atoms with E-state index in [1.807, 2.05) is 18.2 Å². The normalized spacial score (nSPS) is 16.6. The van der Waals surface area contributed by atoms with Gasteiger partial charge < -0.3 is 20.1 Å². The molecule has 7 heteroatoms. The number of benzene rings is 2. The maximum absolute atomic E-state index is 5.44. The molecular formula is C22H29IN4O2. The molecule has 0 aliphatic carbocycles. The van der Waals surface area contributed by atoms with Gasteiger partial charge >= 0.3 is 0 Å². The molecule has 0 saturated carbocycles. The van der Waals surface area contributed by atoms with Crippen LogP contribution in [0.1, 0.15) is 23.6 Å². The molecule has 1 atom stereocenters. The number of aliphatic imine (C=N–C) groups is 1. The molecule has 2 heterocycles. The number of nitrogens with zero attached hydrogens (tertiary/aromatic N) is 2. The van der Waals surface area contributed by atoms with Crippen molar-refractivity contribution in [2.24, 2.45) is 4.99 Å². The van der Waals surface area contributed by atoms with Gasteiger partial charge in [-0.25, -0.2) is 0 Å². The number of fused-ring (bicyclic) bond motifs is 2. The molecule has 2 aromatic carbocycles. The van der Waals surface area contributed by atoms with Crippen molar-refractivity contribution in [2.45, 2.75) is 32.5 Å². The smallest absolute Gasteiger partial charge is 0.231 e. The molecule has 1 unspecified atom stereocenters. The van der Waals surface area contributed by atoms with E-state index < -0.39 is 0 Å². The van der Waals surface area contributed by atoms with Crippen LogP contribution in [-0.2, 0) is 19.5 Å². The first-order valence-corrected chi connectivity index (χ1v) is 9.87. The van der Waals surface area contributed by atoms with Gasteiger partial charge in [-0.3, -0.25) is 9.89 Å². The van der Waals surface area contributed by atoms with Gasteiger partial charge in [0.15, 0.2) is 17.5 Å².